The van der Waals surface area contributed by atoms with Gasteiger partial charge in [-0.3, -0.25) is 4.90 Å². The number of rotatable bonds is 6. The predicted molar refractivity (Wildman–Crippen MR) is 105 cm³/mol. The molecule has 1 atom stereocenters. The first kappa shape index (κ1) is 17.8. The number of nitrogens with one attached hydrogen (secondary N) is 1. The Balaban J connectivity index is 1.46. The highest BCUT2D eigenvalue weighted by molar-refractivity contribution is 7.18. The number of thiazole rings is 1. The average Bonchev–Trinajstić information content (AvgIpc) is 3.13. The van der Waals surface area contributed by atoms with Crippen molar-refractivity contribution < 1.29 is 4.74 Å². The fourth-order valence-corrected chi connectivity index (χ4v) is 4.06. The van der Waals surface area contributed by atoms with Crippen molar-refractivity contribution in [2.45, 2.75) is 5.92 Å². The van der Waals surface area contributed by atoms with E-state index >= 15 is 0 Å². The average molecular weight is 380 g/mol. The van der Waals surface area contributed by atoms with Crippen molar-refractivity contribution in [2.75, 3.05) is 44.7 Å². The number of nitrogens with zero attached hydrogens (tertiary/aromatic N) is 5. The molecule has 2 aromatic heterocycles. The smallest absolute Gasteiger partial charge is 0.222 e. The van der Waals surface area contributed by atoms with Crippen molar-refractivity contribution in [2.24, 2.45) is 0 Å². The van der Waals surface area contributed by atoms with Gasteiger partial charge in [-0.15, -0.1) is 11.3 Å². The van der Waals surface area contributed by atoms with E-state index in [1.807, 2.05) is 24.3 Å². The second-order valence-corrected chi connectivity index (χ2v) is 7.33. The summed E-state index contributed by atoms with van der Waals surface area (Å²) in [4.78, 5) is 15.8. The maximum Gasteiger partial charge on any atom is 0.222 e. The van der Waals surface area contributed by atoms with Gasteiger partial charge in [-0.1, -0.05) is 12.1 Å². The van der Waals surface area contributed by atoms with Crippen molar-refractivity contribution >= 4 is 27.5 Å². The molecular weight excluding hydrogens is 360 g/mol. The number of hydrogen-bond donors (Lipinski definition) is 1. The van der Waals surface area contributed by atoms with Gasteiger partial charge >= 0.3 is 0 Å². The number of benzene rings is 1. The summed E-state index contributed by atoms with van der Waals surface area (Å²) in [6.45, 7) is 5.15. The molecule has 0 saturated carbocycles. The Labute approximate surface area is 161 Å². The lowest BCUT2D eigenvalue weighted by Crippen LogP contribution is -2.39. The highest BCUT2D eigenvalue weighted by Crippen LogP contribution is 2.30. The molecule has 27 heavy (non-hydrogen) atoms. The summed E-state index contributed by atoms with van der Waals surface area (Å²) in [6.07, 6.45) is 1.69. The molecule has 0 amide bonds. The summed E-state index contributed by atoms with van der Waals surface area (Å²) in [7, 11) is 0. The molecule has 138 valence electrons. The molecule has 0 spiro atoms. The molecule has 1 saturated heterocycles. The van der Waals surface area contributed by atoms with Crippen LogP contribution in [0, 0.1) is 11.3 Å². The van der Waals surface area contributed by atoms with Gasteiger partial charge in [0.25, 0.3) is 0 Å². The number of aromatic nitrogens is 3. The molecule has 8 heteroatoms. The van der Waals surface area contributed by atoms with Gasteiger partial charge in [0.05, 0.1) is 35.2 Å². The van der Waals surface area contributed by atoms with Gasteiger partial charge in [-0.05, 0) is 18.2 Å². The molecule has 7 nitrogen and oxygen atoms in total. The van der Waals surface area contributed by atoms with Crippen LogP contribution < -0.4 is 5.32 Å². The largest absolute Gasteiger partial charge is 0.379 e. The summed E-state index contributed by atoms with van der Waals surface area (Å²) in [5.41, 5.74) is 1.58. The normalized spacial score (nSPS) is 16.1. The fraction of sp³-hybridized carbons (Fsp3) is 0.368. The van der Waals surface area contributed by atoms with E-state index in [-0.39, 0.29) is 0 Å². The number of morpholine rings is 1. The molecule has 1 N–H and O–H groups in total. The molecule has 1 aliphatic heterocycles. The van der Waals surface area contributed by atoms with Crippen molar-refractivity contribution in [3.05, 3.63) is 47.2 Å². The summed E-state index contributed by atoms with van der Waals surface area (Å²) in [5.74, 6) is 0.0484. The summed E-state index contributed by atoms with van der Waals surface area (Å²) < 4.78 is 6.43. The lowest BCUT2D eigenvalue weighted by Gasteiger charge is -2.26. The van der Waals surface area contributed by atoms with Crippen LogP contribution in [0.25, 0.3) is 10.2 Å². The maximum atomic E-state index is 9.71. The van der Waals surface area contributed by atoms with E-state index in [0.717, 1.165) is 54.6 Å². The second-order valence-electron chi connectivity index (χ2n) is 6.27. The molecule has 1 fully saturated rings. The third-order valence-electron chi connectivity index (χ3n) is 4.47. The van der Waals surface area contributed by atoms with Gasteiger partial charge in [-0.2, -0.15) is 5.26 Å². The zero-order valence-corrected chi connectivity index (χ0v) is 15.7. The fourth-order valence-electron chi connectivity index (χ4n) is 3.03. The minimum absolute atomic E-state index is 0.495. The molecule has 4 rings (SSSR count). The quantitative estimate of drug-likeness (QED) is 0.703. The minimum Gasteiger partial charge on any atom is -0.379 e. The highest BCUT2D eigenvalue weighted by Gasteiger charge is 2.20. The number of fused-ring (bicyclic) bond motifs is 1. The Hall–Kier alpha value is -2.60. The van der Waals surface area contributed by atoms with Crippen molar-refractivity contribution in [1.82, 2.24) is 19.9 Å². The Morgan fingerprint density at radius 3 is 2.89 bits per heavy atom. The zero-order chi connectivity index (χ0) is 18.5. The van der Waals surface area contributed by atoms with E-state index in [1.54, 1.807) is 12.3 Å². The molecule has 1 aliphatic rings. The van der Waals surface area contributed by atoms with Gasteiger partial charge in [0.15, 0.2) is 0 Å². The van der Waals surface area contributed by atoms with Gasteiger partial charge in [0, 0.05) is 32.4 Å². The van der Waals surface area contributed by atoms with E-state index in [2.05, 4.69) is 31.2 Å². The first-order valence-electron chi connectivity index (χ1n) is 8.95. The van der Waals surface area contributed by atoms with Crippen LogP contribution in [0.1, 0.15) is 16.6 Å². The monoisotopic (exact) mass is 380 g/mol. The first-order chi connectivity index (χ1) is 13.3. The molecule has 3 heterocycles. The van der Waals surface area contributed by atoms with Crippen molar-refractivity contribution in [3.63, 3.8) is 0 Å². The van der Waals surface area contributed by atoms with Crippen LogP contribution in [-0.2, 0) is 4.74 Å². The zero-order valence-electron chi connectivity index (χ0n) is 14.8. The van der Waals surface area contributed by atoms with Crippen LogP contribution in [0.15, 0.2) is 36.5 Å². The predicted octanol–water partition coefficient (Wildman–Crippen LogP) is 2.49. The van der Waals surface area contributed by atoms with Gasteiger partial charge in [-0.25, -0.2) is 15.0 Å². The molecule has 0 bridgehead atoms. The van der Waals surface area contributed by atoms with E-state index in [4.69, 9.17) is 4.74 Å². The third-order valence-corrected chi connectivity index (χ3v) is 5.58. The first-order valence-corrected chi connectivity index (χ1v) is 9.77. The van der Waals surface area contributed by atoms with Gasteiger partial charge in [0.2, 0.25) is 5.95 Å². The standard InChI is InChI=1S/C19H20N6OS/c20-13-14(18-23-16-3-1-2-4-17(16)27-18)15-5-6-21-19(24-15)22-7-8-25-9-11-26-12-10-25/h1-6,14H,7-12H2,(H,21,22,24). The Bertz CT molecular complexity index is 914. The Morgan fingerprint density at radius 2 is 2.07 bits per heavy atom. The minimum atomic E-state index is -0.495. The van der Waals surface area contributed by atoms with E-state index in [9.17, 15) is 5.26 Å². The number of anilines is 1. The summed E-state index contributed by atoms with van der Waals surface area (Å²) >= 11 is 1.53. The third kappa shape index (κ3) is 4.22. The summed E-state index contributed by atoms with van der Waals surface area (Å²) in [6, 6.07) is 12.0. The topological polar surface area (TPSA) is 87.0 Å². The lowest BCUT2D eigenvalue weighted by molar-refractivity contribution is 0.0398. The van der Waals surface area contributed by atoms with Crippen LogP contribution in [0.3, 0.4) is 0 Å². The highest BCUT2D eigenvalue weighted by atomic mass is 32.1. The molecule has 1 unspecified atom stereocenters. The summed E-state index contributed by atoms with van der Waals surface area (Å²) in [5, 5.41) is 13.7. The number of para-hydroxylation sites is 1. The Kier molecular flexibility index (Phi) is 5.53. The molecule has 3 aromatic rings. The second kappa shape index (κ2) is 8.39. The van der Waals surface area contributed by atoms with Crippen LogP contribution >= 0.6 is 11.3 Å². The molecular formula is C19H20N6OS. The van der Waals surface area contributed by atoms with E-state index in [1.165, 1.54) is 11.3 Å². The van der Waals surface area contributed by atoms with Crippen LogP contribution in [-0.4, -0.2) is 59.2 Å². The molecule has 1 aromatic carbocycles. The number of hydrogen-bond acceptors (Lipinski definition) is 8. The van der Waals surface area contributed by atoms with Crippen LogP contribution in [0.4, 0.5) is 5.95 Å². The maximum absolute atomic E-state index is 9.71. The molecule has 0 aliphatic carbocycles. The van der Waals surface area contributed by atoms with Gasteiger partial charge < -0.3 is 10.1 Å². The van der Waals surface area contributed by atoms with E-state index in [0.29, 0.717) is 11.6 Å². The SMILES string of the molecule is N#CC(c1ccnc(NCCN2CCOCC2)n1)c1nc2ccccc2s1. The van der Waals surface area contributed by atoms with Crippen LogP contribution in [0.5, 0.6) is 0 Å². The van der Waals surface area contributed by atoms with Crippen molar-refractivity contribution in [3.8, 4) is 6.07 Å². The van der Waals surface area contributed by atoms with Gasteiger partial charge in [0.1, 0.15) is 10.9 Å². The molecule has 0 radical (unpaired) electrons. The number of nitriles is 1. The van der Waals surface area contributed by atoms with Crippen LogP contribution in [0.2, 0.25) is 0 Å². The van der Waals surface area contributed by atoms with E-state index < -0.39 is 5.92 Å². The number of ether oxygens (including phenoxy) is 1. The van der Waals surface area contributed by atoms with Crippen molar-refractivity contribution in [1.29, 1.82) is 5.26 Å². The lowest BCUT2D eigenvalue weighted by atomic mass is 10.1. The Morgan fingerprint density at radius 1 is 1.22 bits per heavy atom.